The first-order valence-electron chi connectivity index (χ1n) is 6.64. The van der Waals surface area contributed by atoms with Crippen molar-refractivity contribution in [2.75, 3.05) is 34.2 Å². The lowest BCUT2D eigenvalue weighted by atomic mass is 9.92. The largest absolute Gasteiger partial charge is 0.359 e. The van der Waals surface area contributed by atoms with Crippen LogP contribution in [-0.4, -0.2) is 51.0 Å². The van der Waals surface area contributed by atoms with Gasteiger partial charge in [-0.25, -0.2) is 0 Å². The van der Waals surface area contributed by atoms with E-state index in [-0.39, 0.29) is 5.91 Å². The van der Waals surface area contributed by atoms with Crippen molar-refractivity contribution in [2.45, 2.75) is 26.7 Å². The van der Waals surface area contributed by atoms with Crippen molar-refractivity contribution in [1.29, 1.82) is 0 Å². The van der Waals surface area contributed by atoms with E-state index in [1.165, 1.54) is 0 Å². The molecule has 0 atom stereocenters. The Kier molecular flexibility index (Phi) is 7.87. The number of hydrogen-bond acceptors (Lipinski definition) is 2. The molecule has 0 fully saturated rings. The third kappa shape index (κ3) is 6.27. The average molecular weight is 268 g/mol. The maximum Gasteiger partial charge on any atom is 0.227 e. The highest BCUT2D eigenvalue weighted by molar-refractivity contribution is 5.84. The van der Waals surface area contributed by atoms with Crippen LogP contribution in [0.2, 0.25) is 0 Å². The van der Waals surface area contributed by atoms with Gasteiger partial charge in [0, 0.05) is 34.2 Å². The molecule has 0 bridgehead atoms. The van der Waals surface area contributed by atoms with Crippen LogP contribution in [0, 0.1) is 5.41 Å². The maximum absolute atomic E-state index is 11.7. The fraction of sp³-hybridized carbons (Fsp3) is 0.714. The van der Waals surface area contributed by atoms with Gasteiger partial charge in [0.2, 0.25) is 5.91 Å². The van der Waals surface area contributed by atoms with Crippen molar-refractivity contribution >= 4 is 11.9 Å². The molecule has 0 saturated heterocycles. The summed E-state index contributed by atoms with van der Waals surface area (Å²) in [5.41, 5.74) is -0.466. The summed E-state index contributed by atoms with van der Waals surface area (Å²) in [6.07, 6.45) is 3.95. The van der Waals surface area contributed by atoms with Gasteiger partial charge in [-0.1, -0.05) is 6.08 Å². The van der Waals surface area contributed by atoms with Gasteiger partial charge < -0.3 is 15.5 Å². The molecular formula is C14H28N4O. The molecule has 5 heteroatoms. The molecule has 0 rings (SSSR count). The van der Waals surface area contributed by atoms with Gasteiger partial charge >= 0.3 is 0 Å². The van der Waals surface area contributed by atoms with Crippen LogP contribution in [-0.2, 0) is 4.79 Å². The zero-order chi connectivity index (χ0) is 14.9. The lowest BCUT2D eigenvalue weighted by molar-refractivity contribution is -0.128. The molecule has 5 nitrogen and oxygen atoms in total. The van der Waals surface area contributed by atoms with Crippen LogP contribution in [0.1, 0.15) is 26.7 Å². The quantitative estimate of drug-likeness (QED) is 0.316. The standard InChI is InChI=1S/C14H28N4O/c1-7-8-9-10-18(6)13(16-5)17-11-14(2,3)12(19)15-4/h7H,1,8-11H2,2-6H3,(H,15,19)(H,16,17). The predicted octanol–water partition coefficient (Wildman–Crippen LogP) is 1.23. The molecule has 2 N–H and O–H groups in total. The van der Waals surface area contributed by atoms with Gasteiger partial charge in [0.25, 0.3) is 0 Å². The van der Waals surface area contributed by atoms with Gasteiger partial charge in [0.05, 0.1) is 5.41 Å². The lowest BCUT2D eigenvalue weighted by Crippen LogP contribution is -2.47. The van der Waals surface area contributed by atoms with Crippen molar-refractivity contribution in [1.82, 2.24) is 15.5 Å². The molecular weight excluding hydrogens is 240 g/mol. The van der Waals surface area contributed by atoms with E-state index in [0.29, 0.717) is 6.54 Å². The Morgan fingerprint density at radius 3 is 2.58 bits per heavy atom. The number of hydrogen-bond donors (Lipinski definition) is 2. The zero-order valence-electron chi connectivity index (χ0n) is 12.9. The number of rotatable bonds is 7. The molecule has 0 aromatic heterocycles. The smallest absolute Gasteiger partial charge is 0.227 e. The van der Waals surface area contributed by atoms with Crippen LogP contribution < -0.4 is 10.6 Å². The molecule has 0 aromatic rings. The molecule has 0 radical (unpaired) electrons. The summed E-state index contributed by atoms with van der Waals surface area (Å²) in [6.45, 7) is 8.98. The summed E-state index contributed by atoms with van der Waals surface area (Å²) in [6, 6.07) is 0. The van der Waals surface area contributed by atoms with E-state index in [2.05, 4.69) is 27.1 Å². The van der Waals surface area contributed by atoms with E-state index in [9.17, 15) is 4.79 Å². The molecule has 19 heavy (non-hydrogen) atoms. The van der Waals surface area contributed by atoms with Crippen molar-refractivity contribution in [3.05, 3.63) is 12.7 Å². The Morgan fingerprint density at radius 1 is 1.47 bits per heavy atom. The first-order chi connectivity index (χ1) is 8.88. The number of nitrogens with zero attached hydrogens (tertiary/aromatic N) is 2. The number of allylic oxidation sites excluding steroid dienone is 1. The van der Waals surface area contributed by atoms with Gasteiger partial charge in [-0.2, -0.15) is 0 Å². The van der Waals surface area contributed by atoms with Crippen LogP contribution in [0.15, 0.2) is 17.6 Å². The van der Waals surface area contributed by atoms with Crippen LogP contribution in [0.3, 0.4) is 0 Å². The third-order valence-corrected chi connectivity index (χ3v) is 3.01. The first kappa shape index (κ1) is 17.5. The fourth-order valence-corrected chi connectivity index (χ4v) is 1.68. The molecule has 0 saturated carbocycles. The fourth-order valence-electron chi connectivity index (χ4n) is 1.68. The zero-order valence-corrected chi connectivity index (χ0v) is 12.9. The van der Waals surface area contributed by atoms with E-state index in [0.717, 1.165) is 25.3 Å². The molecule has 0 aliphatic heterocycles. The van der Waals surface area contributed by atoms with E-state index in [1.54, 1.807) is 14.1 Å². The van der Waals surface area contributed by atoms with E-state index in [4.69, 9.17) is 0 Å². The molecule has 0 heterocycles. The lowest BCUT2D eigenvalue weighted by Gasteiger charge is -2.27. The number of guanidine groups is 1. The highest BCUT2D eigenvalue weighted by Gasteiger charge is 2.26. The van der Waals surface area contributed by atoms with Gasteiger partial charge in [-0.3, -0.25) is 9.79 Å². The average Bonchev–Trinajstić information content (AvgIpc) is 2.38. The molecule has 1 amide bonds. The van der Waals surface area contributed by atoms with Gasteiger partial charge in [-0.05, 0) is 26.7 Å². The van der Waals surface area contributed by atoms with E-state index in [1.807, 2.05) is 27.0 Å². The Bertz CT molecular complexity index is 323. The second-order valence-electron chi connectivity index (χ2n) is 5.22. The van der Waals surface area contributed by atoms with Crippen molar-refractivity contribution in [3.63, 3.8) is 0 Å². The summed E-state index contributed by atoms with van der Waals surface area (Å²) in [5, 5.41) is 5.92. The molecule has 0 spiro atoms. The minimum absolute atomic E-state index is 0.0183. The summed E-state index contributed by atoms with van der Waals surface area (Å²) < 4.78 is 0. The van der Waals surface area contributed by atoms with Crippen LogP contribution >= 0.6 is 0 Å². The Hall–Kier alpha value is -1.52. The summed E-state index contributed by atoms with van der Waals surface area (Å²) in [5.74, 6) is 0.825. The number of unbranched alkanes of at least 4 members (excludes halogenated alkanes) is 1. The highest BCUT2D eigenvalue weighted by atomic mass is 16.2. The number of aliphatic imine (C=N–C) groups is 1. The molecule has 0 aromatic carbocycles. The van der Waals surface area contributed by atoms with E-state index >= 15 is 0 Å². The highest BCUT2D eigenvalue weighted by Crippen LogP contribution is 2.13. The predicted molar refractivity (Wildman–Crippen MR) is 81.3 cm³/mol. The second-order valence-corrected chi connectivity index (χ2v) is 5.22. The maximum atomic E-state index is 11.7. The van der Waals surface area contributed by atoms with Crippen molar-refractivity contribution in [3.8, 4) is 0 Å². The van der Waals surface area contributed by atoms with Gasteiger partial charge in [0.15, 0.2) is 5.96 Å². The number of amides is 1. The molecule has 110 valence electrons. The minimum atomic E-state index is -0.466. The number of nitrogens with one attached hydrogen (secondary N) is 2. The topological polar surface area (TPSA) is 56.7 Å². The Morgan fingerprint density at radius 2 is 2.11 bits per heavy atom. The SMILES string of the molecule is C=CCCCN(C)C(=NC)NCC(C)(C)C(=O)NC. The van der Waals surface area contributed by atoms with Crippen molar-refractivity contribution in [2.24, 2.45) is 10.4 Å². The molecule has 0 aliphatic carbocycles. The van der Waals surface area contributed by atoms with Crippen molar-refractivity contribution < 1.29 is 4.79 Å². The van der Waals surface area contributed by atoms with Crippen LogP contribution in [0.5, 0.6) is 0 Å². The van der Waals surface area contributed by atoms with Gasteiger partial charge in [0.1, 0.15) is 0 Å². The van der Waals surface area contributed by atoms with Crippen LogP contribution in [0.4, 0.5) is 0 Å². The minimum Gasteiger partial charge on any atom is -0.359 e. The molecule has 0 unspecified atom stereocenters. The summed E-state index contributed by atoms with van der Waals surface area (Å²) >= 11 is 0. The normalized spacial score (nSPS) is 11.9. The number of carbonyl (C=O) groups is 1. The molecule has 0 aliphatic rings. The second kappa shape index (κ2) is 8.56. The Labute approximate surface area is 117 Å². The van der Waals surface area contributed by atoms with Crippen LogP contribution in [0.25, 0.3) is 0 Å². The Balaban J connectivity index is 4.34. The summed E-state index contributed by atoms with van der Waals surface area (Å²) in [7, 11) is 5.39. The third-order valence-electron chi connectivity index (χ3n) is 3.01. The van der Waals surface area contributed by atoms with E-state index < -0.39 is 5.41 Å². The number of carbonyl (C=O) groups excluding carboxylic acids is 1. The monoisotopic (exact) mass is 268 g/mol. The van der Waals surface area contributed by atoms with Gasteiger partial charge in [-0.15, -0.1) is 6.58 Å². The first-order valence-corrected chi connectivity index (χ1v) is 6.64. The summed E-state index contributed by atoms with van der Waals surface area (Å²) in [4.78, 5) is 18.0.